The van der Waals surface area contributed by atoms with Gasteiger partial charge in [-0.2, -0.15) is 0 Å². The van der Waals surface area contributed by atoms with Gasteiger partial charge in [-0.3, -0.25) is 0 Å². The fourth-order valence-corrected chi connectivity index (χ4v) is 3.37. The summed E-state index contributed by atoms with van der Waals surface area (Å²) in [6, 6.07) is 0.741. The van der Waals surface area contributed by atoms with Crippen LogP contribution in [0.1, 0.15) is 57.8 Å². The van der Waals surface area contributed by atoms with E-state index in [1.54, 1.807) is 0 Å². The predicted octanol–water partition coefficient (Wildman–Crippen LogP) is 2.80. The maximum absolute atomic E-state index is 9.49. The minimum atomic E-state index is -0.0144. The minimum Gasteiger partial charge on any atom is -0.393 e. The summed E-state index contributed by atoms with van der Waals surface area (Å²) in [6.07, 6.45) is 11.7. The average molecular weight is 225 g/mol. The van der Waals surface area contributed by atoms with Crippen LogP contribution >= 0.6 is 0 Å². The molecule has 2 aliphatic carbocycles. The van der Waals surface area contributed by atoms with E-state index in [-0.39, 0.29) is 6.10 Å². The topological polar surface area (TPSA) is 23.5 Å². The average Bonchev–Trinajstić information content (AvgIpc) is 2.80. The minimum absolute atomic E-state index is 0.0144. The Morgan fingerprint density at radius 2 is 1.62 bits per heavy atom. The lowest BCUT2D eigenvalue weighted by atomic mass is 9.92. The Bertz CT molecular complexity index is 193. The first-order valence-electron chi connectivity index (χ1n) is 7.14. The van der Waals surface area contributed by atoms with Crippen LogP contribution in [-0.4, -0.2) is 35.7 Å². The number of hydrogen-bond donors (Lipinski definition) is 1. The Balaban J connectivity index is 1.64. The van der Waals surface area contributed by atoms with E-state index in [1.165, 1.54) is 51.5 Å². The van der Waals surface area contributed by atoms with Crippen molar-refractivity contribution < 1.29 is 5.11 Å². The van der Waals surface area contributed by atoms with Gasteiger partial charge < -0.3 is 10.0 Å². The first kappa shape index (κ1) is 12.4. The van der Waals surface area contributed by atoms with Gasteiger partial charge in [0.25, 0.3) is 0 Å². The second kappa shape index (κ2) is 6.02. The quantitative estimate of drug-likeness (QED) is 0.795. The zero-order chi connectivity index (χ0) is 11.4. The van der Waals surface area contributed by atoms with Crippen LogP contribution in [0.15, 0.2) is 0 Å². The Morgan fingerprint density at radius 3 is 2.25 bits per heavy atom. The van der Waals surface area contributed by atoms with Crippen molar-refractivity contribution in [3.05, 3.63) is 0 Å². The van der Waals surface area contributed by atoms with E-state index in [9.17, 15) is 5.11 Å². The first-order valence-corrected chi connectivity index (χ1v) is 7.14. The van der Waals surface area contributed by atoms with Crippen LogP contribution in [0.2, 0.25) is 0 Å². The van der Waals surface area contributed by atoms with Gasteiger partial charge in [0.1, 0.15) is 0 Å². The van der Waals surface area contributed by atoms with E-state index in [2.05, 4.69) is 11.9 Å². The van der Waals surface area contributed by atoms with Crippen molar-refractivity contribution >= 4 is 0 Å². The number of aliphatic hydroxyl groups excluding tert-OH is 1. The van der Waals surface area contributed by atoms with Gasteiger partial charge in [0.2, 0.25) is 0 Å². The maximum Gasteiger partial charge on any atom is 0.0541 e. The van der Waals surface area contributed by atoms with Crippen LogP contribution in [0, 0.1) is 5.92 Å². The first-order chi connectivity index (χ1) is 7.75. The molecule has 0 aromatic heterocycles. The molecular weight excluding hydrogens is 198 g/mol. The molecule has 0 heterocycles. The molecule has 0 aromatic carbocycles. The van der Waals surface area contributed by atoms with Gasteiger partial charge in [-0.1, -0.05) is 25.7 Å². The van der Waals surface area contributed by atoms with Crippen LogP contribution in [0.5, 0.6) is 0 Å². The van der Waals surface area contributed by atoms with Crippen molar-refractivity contribution in [2.24, 2.45) is 5.92 Å². The summed E-state index contributed by atoms with van der Waals surface area (Å²) in [5, 5.41) is 9.49. The summed E-state index contributed by atoms with van der Waals surface area (Å²) < 4.78 is 0. The molecule has 0 saturated heterocycles. The molecule has 2 aliphatic rings. The molecule has 0 amide bonds. The summed E-state index contributed by atoms with van der Waals surface area (Å²) in [5.74, 6) is 1.01. The van der Waals surface area contributed by atoms with Gasteiger partial charge >= 0.3 is 0 Å². The molecule has 0 bridgehead atoms. The Labute approximate surface area is 100 Å². The Hall–Kier alpha value is -0.0800. The highest BCUT2D eigenvalue weighted by atomic mass is 16.3. The third kappa shape index (κ3) is 3.46. The smallest absolute Gasteiger partial charge is 0.0541 e. The molecule has 1 N–H and O–H groups in total. The molecular formula is C14H27NO. The SMILES string of the molecule is CN(CCC1CCCC1)C1CCC(O)CC1. The number of nitrogens with zero attached hydrogens (tertiary/aromatic N) is 1. The molecule has 0 aliphatic heterocycles. The summed E-state index contributed by atoms with van der Waals surface area (Å²) in [7, 11) is 2.28. The van der Waals surface area contributed by atoms with Crippen molar-refractivity contribution in [1.82, 2.24) is 4.90 Å². The Kier molecular flexibility index (Phi) is 4.66. The van der Waals surface area contributed by atoms with Crippen molar-refractivity contribution in [2.45, 2.75) is 69.9 Å². The van der Waals surface area contributed by atoms with Crippen molar-refractivity contribution in [2.75, 3.05) is 13.6 Å². The molecule has 2 saturated carbocycles. The summed E-state index contributed by atoms with van der Waals surface area (Å²) >= 11 is 0. The largest absolute Gasteiger partial charge is 0.393 e. The van der Waals surface area contributed by atoms with Crippen LogP contribution < -0.4 is 0 Å². The van der Waals surface area contributed by atoms with E-state index < -0.39 is 0 Å². The maximum atomic E-state index is 9.49. The molecule has 0 spiro atoms. The molecule has 2 rings (SSSR count). The summed E-state index contributed by atoms with van der Waals surface area (Å²) in [5.41, 5.74) is 0. The predicted molar refractivity (Wildman–Crippen MR) is 67.5 cm³/mol. The van der Waals surface area contributed by atoms with Crippen molar-refractivity contribution in [1.29, 1.82) is 0 Å². The van der Waals surface area contributed by atoms with E-state index in [0.29, 0.717) is 0 Å². The molecule has 2 fully saturated rings. The van der Waals surface area contributed by atoms with E-state index >= 15 is 0 Å². The fourth-order valence-electron chi connectivity index (χ4n) is 3.37. The molecule has 2 heteroatoms. The highest BCUT2D eigenvalue weighted by molar-refractivity contribution is 4.78. The standard InChI is InChI=1S/C14H27NO/c1-15(11-10-12-4-2-3-5-12)13-6-8-14(16)9-7-13/h12-14,16H,2-11H2,1H3. The lowest BCUT2D eigenvalue weighted by Gasteiger charge is -2.33. The zero-order valence-corrected chi connectivity index (χ0v) is 10.7. The van der Waals surface area contributed by atoms with E-state index in [1.807, 2.05) is 0 Å². The molecule has 0 atom stereocenters. The molecule has 0 radical (unpaired) electrons. The number of hydrogen-bond acceptors (Lipinski definition) is 2. The van der Waals surface area contributed by atoms with Gasteiger partial charge in [0, 0.05) is 6.04 Å². The van der Waals surface area contributed by atoms with Crippen LogP contribution in [0.25, 0.3) is 0 Å². The second-order valence-electron chi connectivity index (χ2n) is 5.88. The lowest BCUT2D eigenvalue weighted by Crippen LogP contribution is -2.37. The van der Waals surface area contributed by atoms with E-state index in [4.69, 9.17) is 0 Å². The zero-order valence-electron chi connectivity index (χ0n) is 10.7. The second-order valence-corrected chi connectivity index (χ2v) is 5.88. The highest BCUT2D eigenvalue weighted by Gasteiger charge is 2.23. The number of aliphatic hydroxyl groups is 1. The third-order valence-corrected chi connectivity index (χ3v) is 4.65. The van der Waals surface area contributed by atoms with Gasteiger partial charge in [-0.05, 0) is 51.6 Å². The summed E-state index contributed by atoms with van der Waals surface area (Å²) in [6.45, 7) is 1.27. The van der Waals surface area contributed by atoms with Gasteiger partial charge in [0.05, 0.1) is 6.10 Å². The molecule has 94 valence electrons. The Morgan fingerprint density at radius 1 is 1.00 bits per heavy atom. The van der Waals surface area contributed by atoms with Crippen LogP contribution in [0.4, 0.5) is 0 Å². The molecule has 0 aromatic rings. The van der Waals surface area contributed by atoms with Crippen molar-refractivity contribution in [3.8, 4) is 0 Å². The highest BCUT2D eigenvalue weighted by Crippen LogP contribution is 2.28. The van der Waals surface area contributed by atoms with Crippen LogP contribution in [0.3, 0.4) is 0 Å². The number of rotatable bonds is 4. The molecule has 16 heavy (non-hydrogen) atoms. The van der Waals surface area contributed by atoms with Gasteiger partial charge in [0.15, 0.2) is 0 Å². The van der Waals surface area contributed by atoms with E-state index in [0.717, 1.165) is 24.8 Å². The van der Waals surface area contributed by atoms with Gasteiger partial charge in [-0.25, -0.2) is 0 Å². The third-order valence-electron chi connectivity index (χ3n) is 4.65. The monoisotopic (exact) mass is 225 g/mol. The van der Waals surface area contributed by atoms with Gasteiger partial charge in [-0.15, -0.1) is 0 Å². The normalized spacial score (nSPS) is 32.4. The lowest BCUT2D eigenvalue weighted by molar-refractivity contribution is 0.0822. The molecule has 0 unspecified atom stereocenters. The van der Waals surface area contributed by atoms with Crippen LogP contribution in [-0.2, 0) is 0 Å². The summed E-state index contributed by atoms with van der Waals surface area (Å²) in [4.78, 5) is 2.55. The fraction of sp³-hybridized carbons (Fsp3) is 1.00. The van der Waals surface area contributed by atoms with Crippen molar-refractivity contribution in [3.63, 3.8) is 0 Å². The molecule has 2 nitrogen and oxygen atoms in total.